The molecule has 2 fully saturated rings. The number of hydrogen-bond donors (Lipinski definition) is 0. The number of anilines is 2. The molecule has 0 aliphatic carbocycles. The van der Waals surface area contributed by atoms with Gasteiger partial charge in [-0.05, 0) is 18.2 Å². The maximum Gasteiger partial charge on any atom is 0.140 e. The molecule has 2 aliphatic heterocycles. The molecule has 0 saturated carbocycles. The van der Waals surface area contributed by atoms with Gasteiger partial charge in [0.25, 0.3) is 0 Å². The highest BCUT2D eigenvalue weighted by Crippen LogP contribution is 2.36. The van der Waals surface area contributed by atoms with Crippen molar-refractivity contribution in [1.29, 1.82) is 0 Å². The molecule has 0 N–H and O–H groups in total. The van der Waals surface area contributed by atoms with Crippen LogP contribution in [-0.4, -0.2) is 46.1 Å². The largest absolute Gasteiger partial charge is 0.356 e. The van der Waals surface area contributed by atoms with Crippen molar-refractivity contribution in [3.05, 3.63) is 49.2 Å². The molecule has 3 aromatic heterocycles. The number of rotatable bonds is 2. The molecular formula is C18H18N6. The first-order valence-corrected chi connectivity index (χ1v) is 8.34. The molecule has 0 amide bonds. The van der Waals surface area contributed by atoms with E-state index in [2.05, 4.69) is 41.9 Å². The van der Waals surface area contributed by atoms with Crippen molar-refractivity contribution >= 4 is 22.5 Å². The molecule has 24 heavy (non-hydrogen) atoms. The second-order valence-electron chi connectivity index (χ2n) is 6.61. The van der Waals surface area contributed by atoms with E-state index in [1.54, 1.807) is 12.5 Å². The van der Waals surface area contributed by atoms with E-state index in [0.717, 1.165) is 48.7 Å². The molecule has 120 valence electrons. The number of hydrogen-bond acceptors (Lipinski definition) is 6. The standard InChI is InChI=1S/C18H18N6/c1-2-5-20-17(3-1)23-8-13-10-24(11-14(13)9-23)18-15-4-6-19-7-16(15)21-12-22-18/h1-7,12-14H,8-11H2. The van der Waals surface area contributed by atoms with E-state index in [0.29, 0.717) is 11.8 Å². The minimum atomic E-state index is 0.666. The Labute approximate surface area is 140 Å². The van der Waals surface area contributed by atoms with Crippen LogP contribution in [0.2, 0.25) is 0 Å². The maximum atomic E-state index is 4.55. The fourth-order valence-corrected chi connectivity index (χ4v) is 4.04. The van der Waals surface area contributed by atoms with Gasteiger partial charge in [0.05, 0.1) is 11.7 Å². The van der Waals surface area contributed by atoms with E-state index in [1.165, 1.54) is 0 Å². The summed E-state index contributed by atoms with van der Waals surface area (Å²) in [4.78, 5) is 22.3. The highest BCUT2D eigenvalue weighted by molar-refractivity contribution is 5.88. The van der Waals surface area contributed by atoms with Crippen LogP contribution in [0, 0.1) is 11.8 Å². The van der Waals surface area contributed by atoms with Gasteiger partial charge in [-0.15, -0.1) is 0 Å². The van der Waals surface area contributed by atoms with Crippen molar-refractivity contribution in [2.45, 2.75) is 0 Å². The molecule has 6 heteroatoms. The molecule has 0 bridgehead atoms. The first-order chi connectivity index (χ1) is 11.9. The van der Waals surface area contributed by atoms with Gasteiger partial charge in [0.2, 0.25) is 0 Å². The van der Waals surface area contributed by atoms with Crippen LogP contribution in [0.1, 0.15) is 0 Å². The van der Waals surface area contributed by atoms with Crippen LogP contribution >= 0.6 is 0 Å². The monoisotopic (exact) mass is 318 g/mol. The third kappa shape index (κ3) is 2.18. The van der Waals surface area contributed by atoms with Crippen molar-refractivity contribution in [2.75, 3.05) is 36.0 Å². The lowest BCUT2D eigenvalue weighted by Crippen LogP contribution is -2.29. The summed E-state index contributed by atoms with van der Waals surface area (Å²) in [5.41, 5.74) is 0.912. The third-order valence-electron chi connectivity index (χ3n) is 5.18. The Morgan fingerprint density at radius 3 is 2.46 bits per heavy atom. The van der Waals surface area contributed by atoms with Gasteiger partial charge in [-0.1, -0.05) is 6.07 Å². The molecule has 5 heterocycles. The van der Waals surface area contributed by atoms with Crippen molar-refractivity contribution in [2.24, 2.45) is 11.8 Å². The van der Waals surface area contributed by atoms with E-state index in [1.807, 2.05) is 24.5 Å². The molecule has 6 nitrogen and oxygen atoms in total. The molecule has 2 aliphatic rings. The van der Waals surface area contributed by atoms with Crippen molar-refractivity contribution in [3.8, 4) is 0 Å². The lowest BCUT2D eigenvalue weighted by Gasteiger charge is -2.23. The minimum Gasteiger partial charge on any atom is -0.356 e. The van der Waals surface area contributed by atoms with Crippen molar-refractivity contribution in [1.82, 2.24) is 19.9 Å². The summed E-state index contributed by atoms with van der Waals surface area (Å²) in [6, 6.07) is 8.14. The number of pyridine rings is 2. The zero-order valence-corrected chi connectivity index (χ0v) is 13.3. The smallest absolute Gasteiger partial charge is 0.140 e. The van der Waals surface area contributed by atoms with Gasteiger partial charge in [-0.25, -0.2) is 15.0 Å². The molecule has 0 radical (unpaired) electrons. The Kier molecular flexibility index (Phi) is 3.07. The van der Waals surface area contributed by atoms with Crippen LogP contribution in [0.5, 0.6) is 0 Å². The van der Waals surface area contributed by atoms with Gasteiger partial charge < -0.3 is 9.80 Å². The number of aromatic nitrogens is 4. The Morgan fingerprint density at radius 2 is 1.67 bits per heavy atom. The van der Waals surface area contributed by atoms with E-state index < -0.39 is 0 Å². The molecule has 2 saturated heterocycles. The van der Waals surface area contributed by atoms with Crippen LogP contribution in [0.25, 0.3) is 10.9 Å². The average Bonchev–Trinajstić information content (AvgIpc) is 3.21. The maximum absolute atomic E-state index is 4.55. The normalized spacial score (nSPS) is 23.0. The third-order valence-corrected chi connectivity index (χ3v) is 5.18. The zero-order valence-electron chi connectivity index (χ0n) is 13.3. The highest BCUT2D eigenvalue weighted by Gasteiger charge is 2.41. The molecule has 0 aromatic carbocycles. The predicted octanol–water partition coefficient (Wildman–Crippen LogP) is 1.99. The number of nitrogens with zero attached hydrogens (tertiary/aromatic N) is 6. The first kappa shape index (κ1) is 13.7. The van der Waals surface area contributed by atoms with Gasteiger partial charge >= 0.3 is 0 Å². The Balaban J connectivity index is 1.38. The van der Waals surface area contributed by atoms with Gasteiger partial charge in [-0.2, -0.15) is 0 Å². The van der Waals surface area contributed by atoms with Gasteiger partial charge in [0.15, 0.2) is 0 Å². The summed E-state index contributed by atoms with van der Waals surface area (Å²) in [7, 11) is 0. The van der Waals surface area contributed by atoms with E-state index in [4.69, 9.17) is 0 Å². The molecule has 5 rings (SSSR count). The van der Waals surface area contributed by atoms with E-state index >= 15 is 0 Å². The van der Waals surface area contributed by atoms with Gasteiger partial charge in [-0.3, -0.25) is 4.98 Å². The molecular weight excluding hydrogens is 300 g/mol. The summed E-state index contributed by atoms with van der Waals surface area (Å²) in [5.74, 6) is 3.47. The van der Waals surface area contributed by atoms with Crippen LogP contribution in [0.15, 0.2) is 49.2 Å². The van der Waals surface area contributed by atoms with Gasteiger partial charge in [0.1, 0.15) is 18.0 Å². The highest BCUT2D eigenvalue weighted by atomic mass is 15.3. The second kappa shape index (κ2) is 5.40. The number of fused-ring (bicyclic) bond motifs is 2. The van der Waals surface area contributed by atoms with E-state index in [9.17, 15) is 0 Å². The molecule has 2 atom stereocenters. The summed E-state index contributed by atoms with van der Waals surface area (Å²) < 4.78 is 0. The molecule has 3 aromatic rings. The Bertz CT molecular complexity index is 848. The quantitative estimate of drug-likeness (QED) is 0.720. The Hall–Kier alpha value is -2.76. The SMILES string of the molecule is c1ccc(N2CC3CN(c4ncnc5cnccc45)CC3C2)nc1. The zero-order chi connectivity index (χ0) is 15.9. The van der Waals surface area contributed by atoms with Crippen molar-refractivity contribution < 1.29 is 0 Å². The Morgan fingerprint density at radius 1 is 0.833 bits per heavy atom. The lowest BCUT2D eigenvalue weighted by molar-refractivity contribution is 0.533. The summed E-state index contributed by atoms with van der Waals surface area (Å²) in [5, 5.41) is 1.09. The molecule has 0 spiro atoms. The second-order valence-corrected chi connectivity index (χ2v) is 6.61. The summed E-state index contributed by atoms with van der Waals surface area (Å²) in [6.07, 6.45) is 7.14. The van der Waals surface area contributed by atoms with Crippen LogP contribution in [0.4, 0.5) is 11.6 Å². The fraction of sp³-hybridized carbons (Fsp3) is 0.333. The fourth-order valence-electron chi connectivity index (χ4n) is 4.04. The molecule has 2 unspecified atom stereocenters. The van der Waals surface area contributed by atoms with E-state index in [-0.39, 0.29) is 0 Å². The average molecular weight is 318 g/mol. The van der Waals surface area contributed by atoms with Crippen LogP contribution in [-0.2, 0) is 0 Å². The van der Waals surface area contributed by atoms with Crippen molar-refractivity contribution in [3.63, 3.8) is 0 Å². The minimum absolute atomic E-state index is 0.666. The lowest BCUT2D eigenvalue weighted by atomic mass is 10.0. The van der Waals surface area contributed by atoms with Gasteiger partial charge in [0, 0.05) is 55.8 Å². The van der Waals surface area contributed by atoms with Crippen LogP contribution < -0.4 is 9.80 Å². The van der Waals surface area contributed by atoms with Crippen LogP contribution in [0.3, 0.4) is 0 Å². The summed E-state index contributed by atoms with van der Waals surface area (Å²) in [6.45, 7) is 4.23. The summed E-state index contributed by atoms with van der Waals surface area (Å²) >= 11 is 0. The topological polar surface area (TPSA) is 58.0 Å². The first-order valence-electron chi connectivity index (χ1n) is 8.34. The predicted molar refractivity (Wildman–Crippen MR) is 93.0 cm³/mol.